The Balaban J connectivity index is 0.914. The molecular formula is C68H46N2. The van der Waals surface area contributed by atoms with Gasteiger partial charge >= 0.3 is 0 Å². The lowest BCUT2D eigenvalue weighted by Crippen LogP contribution is -2.10. The van der Waals surface area contributed by atoms with Crippen LogP contribution in [0.4, 0.5) is 17.1 Å². The Hall–Kier alpha value is -9.24. The molecule has 0 aliphatic carbocycles. The lowest BCUT2D eigenvalue weighted by atomic mass is 9.84. The Bertz CT molecular complexity index is 4010. The van der Waals surface area contributed by atoms with Crippen LogP contribution in [0.3, 0.4) is 0 Å². The number of hydrogen-bond acceptors (Lipinski definition) is 1. The molecule has 0 aliphatic rings. The van der Waals surface area contributed by atoms with Gasteiger partial charge in [-0.1, -0.05) is 206 Å². The molecule has 70 heavy (non-hydrogen) atoms. The van der Waals surface area contributed by atoms with E-state index in [1.54, 1.807) is 0 Å². The summed E-state index contributed by atoms with van der Waals surface area (Å²) in [4.78, 5) is 2.38. The number of anilines is 3. The third-order valence-corrected chi connectivity index (χ3v) is 14.0. The predicted molar refractivity (Wildman–Crippen MR) is 298 cm³/mol. The van der Waals surface area contributed by atoms with Crippen LogP contribution in [-0.4, -0.2) is 4.57 Å². The monoisotopic (exact) mass is 890 g/mol. The topological polar surface area (TPSA) is 8.17 Å². The molecule has 0 aliphatic heterocycles. The van der Waals surface area contributed by atoms with Gasteiger partial charge in [-0.15, -0.1) is 0 Å². The Morgan fingerprint density at radius 3 is 1.26 bits per heavy atom. The van der Waals surface area contributed by atoms with E-state index in [4.69, 9.17) is 0 Å². The summed E-state index contributed by atoms with van der Waals surface area (Å²) in [7, 11) is 0. The minimum Gasteiger partial charge on any atom is -0.310 e. The van der Waals surface area contributed by atoms with Gasteiger partial charge < -0.3 is 9.47 Å². The zero-order valence-corrected chi connectivity index (χ0v) is 38.5. The minimum absolute atomic E-state index is 1.08. The van der Waals surface area contributed by atoms with Crippen LogP contribution in [0.2, 0.25) is 0 Å². The molecule has 0 saturated heterocycles. The second-order valence-corrected chi connectivity index (χ2v) is 18.1. The zero-order valence-electron chi connectivity index (χ0n) is 38.5. The van der Waals surface area contributed by atoms with E-state index in [-0.39, 0.29) is 0 Å². The van der Waals surface area contributed by atoms with Gasteiger partial charge in [-0.05, 0) is 150 Å². The molecule has 12 aromatic carbocycles. The summed E-state index contributed by atoms with van der Waals surface area (Å²) in [5.74, 6) is 0. The van der Waals surface area contributed by atoms with Crippen LogP contribution in [0.1, 0.15) is 0 Å². The maximum absolute atomic E-state index is 2.40. The van der Waals surface area contributed by atoms with Gasteiger partial charge in [-0.25, -0.2) is 0 Å². The molecule has 2 heteroatoms. The molecule has 2 nitrogen and oxygen atoms in total. The van der Waals surface area contributed by atoms with E-state index >= 15 is 0 Å². The van der Waals surface area contributed by atoms with Crippen molar-refractivity contribution in [2.24, 2.45) is 0 Å². The van der Waals surface area contributed by atoms with Crippen LogP contribution >= 0.6 is 0 Å². The van der Waals surface area contributed by atoms with Gasteiger partial charge in [0.2, 0.25) is 0 Å². The summed E-state index contributed by atoms with van der Waals surface area (Å²) >= 11 is 0. The molecule has 0 atom stereocenters. The summed E-state index contributed by atoms with van der Waals surface area (Å²) in [5.41, 5.74) is 18.8. The third kappa shape index (κ3) is 7.22. The van der Waals surface area contributed by atoms with Crippen molar-refractivity contribution in [2.45, 2.75) is 0 Å². The molecule has 0 unspecified atom stereocenters. The maximum atomic E-state index is 2.40. The number of hydrogen-bond donors (Lipinski definition) is 0. The van der Waals surface area contributed by atoms with Gasteiger partial charge in [0.1, 0.15) is 0 Å². The quantitative estimate of drug-likeness (QED) is 0.131. The van der Waals surface area contributed by atoms with Crippen LogP contribution in [0.5, 0.6) is 0 Å². The van der Waals surface area contributed by atoms with Crippen LogP contribution < -0.4 is 4.90 Å². The fourth-order valence-corrected chi connectivity index (χ4v) is 10.7. The molecule has 0 spiro atoms. The molecule has 1 aromatic heterocycles. The van der Waals surface area contributed by atoms with E-state index in [2.05, 4.69) is 289 Å². The molecule has 0 bridgehead atoms. The van der Waals surface area contributed by atoms with Gasteiger partial charge in [0.25, 0.3) is 0 Å². The molecule has 0 fully saturated rings. The summed E-state index contributed by atoms with van der Waals surface area (Å²) < 4.78 is 2.37. The smallest absolute Gasteiger partial charge is 0.0541 e. The van der Waals surface area contributed by atoms with Crippen molar-refractivity contribution in [3.63, 3.8) is 0 Å². The summed E-state index contributed by atoms with van der Waals surface area (Å²) in [5, 5.41) is 7.50. The summed E-state index contributed by atoms with van der Waals surface area (Å²) in [6.07, 6.45) is 0. The molecule has 0 radical (unpaired) electrons. The van der Waals surface area contributed by atoms with E-state index in [1.807, 2.05) is 0 Å². The van der Waals surface area contributed by atoms with Gasteiger partial charge in [0.15, 0.2) is 0 Å². The maximum Gasteiger partial charge on any atom is 0.0541 e. The normalized spacial score (nSPS) is 11.4. The summed E-state index contributed by atoms with van der Waals surface area (Å²) in [6.45, 7) is 0. The number of benzene rings is 12. The van der Waals surface area contributed by atoms with Crippen molar-refractivity contribution < 1.29 is 0 Å². The lowest BCUT2D eigenvalue weighted by Gasteiger charge is -2.26. The molecule has 0 amide bonds. The fraction of sp³-hybridized carbons (Fsp3) is 0. The summed E-state index contributed by atoms with van der Waals surface area (Å²) in [6, 6.07) is 102. The molecule has 328 valence electrons. The first-order chi connectivity index (χ1) is 34.7. The van der Waals surface area contributed by atoms with E-state index in [9.17, 15) is 0 Å². The molecule has 0 N–H and O–H groups in total. The molecule has 13 aromatic rings. The highest BCUT2D eigenvalue weighted by Gasteiger charge is 2.20. The van der Waals surface area contributed by atoms with Crippen molar-refractivity contribution in [1.29, 1.82) is 0 Å². The van der Waals surface area contributed by atoms with Crippen LogP contribution in [0.15, 0.2) is 279 Å². The molecule has 0 saturated carbocycles. The molecule has 1 heterocycles. The van der Waals surface area contributed by atoms with Crippen LogP contribution in [0.25, 0.3) is 105 Å². The molecular weight excluding hydrogens is 845 g/mol. The van der Waals surface area contributed by atoms with Crippen molar-refractivity contribution in [3.05, 3.63) is 279 Å². The first kappa shape index (κ1) is 41.0. The Kier molecular flexibility index (Phi) is 10.2. The lowest BCUT2D eigenvalue weighted by molar-refractivity contribution is 1.18. The zero-order chi connectivity index (χ0) is 46.4. The van der Waals surface area contributed by atoms with Gasteiger partial charge in [-0.2, -0.15) is 0 Å². The van der Waals surface area contributed by atoms with E-state index in [0.717, 1.165) is 28.3 Å². The number of fused-ring (bicyclic) bond motifs is 6. The largest absolute Gasteiger partial charge is 0.310 e. The average Bonchev–Trinajstić information content (AvgIpc) is 3.78. The SMILES string of the molecule is c1ccc(-c2cccc(N(c3ccc(-c4ccc5c(c4)c(-c4ccccc4)c(-c4ccccc4)c4ccccc45)cc3)c3ccc(-c4ccc5c(c4)c4ccccc4n5-c4ccccc4)cc3)c2)cc1. The standard InChI is InChI=1S/C68H46N2/c1-5-18-47(19-6-1)52-24-17-27-58(44-52)69(57-40-34-49(35-41-57)54-37-43-66-63(45-54)61-29-15-16-31-65(61)70(66)55-25-11-4-12-26-55)56-38-32-48(33-39-56)53-36-42-60-59-28-13-14-30-62(59)67(50-20-7-2-8-21-50)68(64(60)46-53)51-22-9-3-10-23-51/h1-46H. The number of nitrogens with zero attached hydrogens (tertiary/aromatic N) is 2. The highest BCUT2D eigenvalue weighted by molar-refractivity contribution is 6.22. The number of para-hydroxylation sites is 2. The van der Waals surface area contributed by atoms with Crippen molar-refractivity contribution in [2.75, 3.05) is 4.90 Å². The van der Waals surface area contributed by atoms with Gasteiger partial charge in [0, 0.05) is 33.5 Å². The fourth-order valence-electron chi connectivity index (χ4n) is 10.7. The Labute approximate surface area is 408 Å². The Morgan fingerprint density at radius 2 is 0.629 bits per heavy atom. The third-order valence-electron chi connectivity index (χ3n) is 14.0. The first-order valence-electron chi connectivity index (χ1n) is 24.1. The first-order valence-corrected chi connectivity index (χ1v) is 24.1. The van der Waals surface area contributed by atoms with E-state index in [1.165, 1.54) is 93.4 Å². The predicted octanol–water partition coefficient (Wildman–Crippen LogP) is 18.9. The second-order valence-electron chi connectivity index (χ2n) is 18.1. The Morgan fingerprint density at radius 1 is 0.214 bits per heavy atom. The van der Waals surface area contributed by atoms with Crippen molar-refractivity contribution in [1.82, 2.24) is 4.57 Å². The van der Waals surface area contributed by atoms with Gasteiger partial charge in [0.05, 0.1) is 11.0 Å². The van der Waals surface area contributed by atoms with Crippen LogP contribution in [0, 0.1) is 0 Å². The van der Waals surface area contributed by atoms with Crippen LogP contribution in [-0.2, 0) is 0 Å². The highest BCUT2D eigenvalue weighted by Crippen LogP contribution is 2.46. The number of aromatic nitrogens is 1. The number of rotatable bonds is 9. The van der Waals surface area contributed by atoms with Crippen molar-refractivity contribution in [3.8, 4) is 61.3 Å². The van der Waals surface area contributed by atoms with E-state index in [0.29, 0.717) is 0 Å². The molecule has 13 rings (SSSR count). The van der Waals surface area contributed by atoms with Gasteiger partial charge in [-0.3, -0.25) is 0 Å². The van der Waals surface area contributed by atoms with Crippen molar-refractivity contribution >= 4 is 60.4 Å². The second kappa shape index (κ2) is 17.4. The minimum atomic E-state index is 1.08. The average molecular weight is 891 g/mol. The highest BCUT2D eigenvalue weighted by atomic mass is 15.1. The van der Waals surface area contributed by atoms with E-state index < -0.39 is 0 Å².